The molecule has 15 heteroatoms. The van der Waals surface area contributed by atoms with E-state index >= 15 is 4.39 Å². The van der Waals surface area contributed by atoms with Gasteiger partial charge in [0.05, 0.1) is 13.2 Å². The summed E-state index contributed by atoms with van der Waals surface area (Å²) >= 11 is 0. The van der Waals surface area contributed by atoms with Crippen LogP contribution in [0.1, 0.15) is 33.9 Å². The first-order chi connectivity index (χ1) is 17.8. The molecule has 0 spiro atoms. The van der Waals surface area contributed by atoms with E-state index in [2.05, 4.69) is 0 Å². The number of aliphatic hydroxyl groups excluding tert-OH is 1. The SMILES string of the molecule is COc1ccc(ON(C(C)C(=O)OC(C)C)[P+](=O)OC[C@H]2O[C@@H](n3ccc(=O)[nH]c3=O)[C@](C)(F)[C@@H]2O)cc1. The maximum Gasteiger partial charge on any atom is 0.653 e. The Morgan fingerprint density at radius 2 is 1.87 bits per heavy atom. The molecule has 0 saturated carbocycles. The Balaban J connectivity index is 1.76. The van der Waals surface area contributed by atoms with Gasteiger partial charge in [0.25, 0.3) is 5.56 Å². The molecule has 0 radical (unpaired) electrons. The van der Waals surface area contributed by atoms with Crippen LogP contribution in [-0.2, 0) is 23.4 Å². The van der Waals surface area contributed by atoms with Gasteiger partial charge < -0.3 is 24.2 Å². The Morgan fingerprint density at radius 3 is 2.45 bits per heavy atom. The first kappa shape index (κ1) is 29.4. The van der Waals surface area contributed by atoms with Crippen molar-refractivity contribution in [2.24, 2.45) is 0 Å². The zero-order valence-electron chi connectivity index (χ0n) is 21.4. The molecular weight excluding hydrogens is 528 g/mol. The first-order valence-corrected chi connectivity index (χ1v) is 12.7. The zero-order chi connectivity index (χ0) is 28.2. The van der Waals surface area contributed by atoms with Crippen LogP contribution in [0, 0.1) is 0 Å². The highest BCUT2D eigenvalue weighted by atomic mass is 31.1. The van der Waals surface area contributed by atoms with Crippen molar-refractivity contribution in [2.75, 3.05) is 13.7 Å². The lowest BCUT2D eigenvalue weighted by atomic mass is 9.98. The maximum absolute atomic E-state index is 15.4. The van der Waals surface area contributed by atoms with E-state index in [9.17, 15) is 24.1 Å². The Bertz CT molecular complexity index is 1250. The number of aromatic amines is 1. The molecule has 6 atom stereocenters. The number of halogens is 1. The van der Waals surface area contributed by atoms with E-state index < -0.39 is 68.3 Å². The summed E-state index contributed by atoms with van der Waals surface area (Å²) < 4.78 is 50.5. The van der Waals surface area contributed by atoms with Crippen LogP contribution in [0.5, 0.6) is 11.5 Å². The van der Waals surface area contributed by atoms with Gasteiger partial charge in [0.15, 0.2) is 23.7 Å². The van der Waals surface area contributed by atoms with Gasteiger partial charge in [-0.05, 0) is 56.5 Å². The van der Waals surface area contributed by atoms with Crippen molar-refractivity contribution in [1.82, 2.24) is 14.4 Å². The van der Waals surface area contributed by atoms with Gasteiger partial charge in [-0.1, -0.05) is 0 Å². The van der Waals surface area contributed by atoms with Crippen LogP contribution in [0.15, 0.2) is 46.1 Å². The highest BCUT2D eigenvalue weighted by Crippen LogP contribution is 2.42. The van der Waals surface area contributed by atoms with E-state index in [1.165, 1.54) is 26.2 Å². The Morgan fingerprint density at radius 1 is 1.24 bits per heavy atom. The number of nitrogens with one attached hydrogen (secondary N) is 1. The molecule has 0 amide bonds. The largest absolute Gasteiger partial charge is 0.653 e. The molecule has 0 bridgehead atoms. The van der Waals surface area contributed by atoms with E-state index in [1.54, 1.807) is 26.0 Å². The van der Waals surface area contributed by atoms with Crippen molar-refractivity contribution < 1.29 is 42.4 Å². The number of H-pyrrole nitrogens is 1. The molecule has 0 aliphatic carbocycles. The lowest BCUT2D eigenvalue weighted by Crippen LogP contribution is -2.43. The summed E-state index contributed by atoms with van der Waals surface area (Å²) in [6, 6.07) is 6.00. The Labute approximate surface area is 217 Å². The van der Waals surface area contributed by atoms with Gasteiger partial charge in [-0.25, -0.2) is 9.18 Å². The number of aliphatic hydroxyl groups is 1. The molecule has 1 aromatic carbocycles. The molecule has 13 nitrogen and oxygen atoms in total. The lowest BCUT2D eigenvalue weighted by molar-refractivity contribution is -0.159. The van der Waals surface area contributed by atoms with Gasteiger partial charge in [-0.3, -0.25) is 19.1 Å². The van der Waals surface area contributed by atoms with Gasteiger partial charge >= 0.3 is 19.8 Å². The number of hydrogen-bond acceptors (Lipinski definition) is 10. The van der Waals surface area contributed by atoms with Gasteiger partial charge in [-0.15, -0.1) is 4.52 Å². The van der Waals surface area contributed by atoms with Crippen LogP contribution in [0.4, 0.5) is 4.39 Å². The van der Waals surface area contributed by atoms with Crippen LogP contribution in [0.25, 0.3) is 0 Å². The molecule has 2 aromatic rings. The van der Waals surface area contributed by atoms with E-state index in [4.69, 9.17) is 23.6 Å². The number of esters is 1. The standard InChI is InChI=1S/C23H29FN3O10P/c1-13(2)35-20(30)14(3)27(37-16-8-6-15(33-5)7-9-16)38(32)34-12-17-19(29)23(4,24)21(36-17)26-11-10-18(28)25-22(26)31/h6-11,13-14,17,19,21,29H,12H2,1-5H3/p+1/t14?,17-,19-,21-,23-/m1/s1. The minimum atomic E-state index is -2.92. The normalized spacial score (nSPS) is 24.3. The Hall–Kier alpha value is -3.16. The van der Waals surface area contributed by atoms with Crippen LogP contribution >= 0.6 is 8.18 Å². The van der Waals surface area contributed by atoms with Gasteiger partial charge in [-0.2, -0.15) is 0 Å². The fraction of sp³-hybridized carbons (Fsp3) is 0.522. The van der Waals surface area contributed by atoms with Crippen molar-refractivity contribution in [2.45, 2.75) is 63.9 Å². The quantitative estimate of drug-likeness (QED) is 0.235. The summed E-state index contributed by atoms with van der Waals surface area (Å²) in [5.74, 6) is -0.00556. The third-order valence-corrected chi connectivity index (χ3v) is 6.73. The maximum atomic E-state index is 15.4. The number of ether oxygens (including phenoxy) is 3. The number of carbonyl (C=O) groups is 1. The first-order valence-electron chi connectivity index (χ1n) is 11.6. The molecule has 1 saturated heterocycles. The minimum Gasteiger partial charge on any atom is -0.497 e. The number of hydroxylamine groups is 1. The molecule has 2 unspecified atom stereocenters. The number of alkyl halides is 1. The number of methoxy groups -OCH3 is 1. The highest BCUT2D eigenvalue weighted by Gasteiger charge is 2.56. The predicted octanol–water partition coefficient (Wildman–Crippen LogP) is 1.84. The number of benzene rings is 1. The number of carbonyl (C=O) groups excluding carboxylic acids is 1. The topological polar surface area (TPSA) is 159 Å². The lowest BCUT2D eigenvalue weighted by Gasteiger charge is -2.24. The van der Waals surface area contributed by atoms with Crippen LogP contribution in [-0.4, -0.2) is 69.2 Å². The second kappa shape index (κ2) is 12.1. The van der Waals surface area contributed by atoms with Crippen LogP contribution < -0.4 is 20.8 Å². The van der Waals surface area contributed by atoms with Crippen LogP contribution in [0.2, 0.25) is 0 Å². The average molecular weight is 558 g/mol. The molecule has 1 aromatic heterocycles. The summed E-state index contributed by atoms with van der Waals surface area (Å²) in [4.78, 5) is 44.4. The fourth-order valence-corrected chi connectivity index (χ4v) is 4.50. The summed E-state index contributed by atoms with van der Waals surface area (Å²) in [5, 5.41) is 10.5. The van der Waals surface area contributed by atoms with Crippen LogP contribution in [0.3, 0.4) is 0 Å². The Kier molecular flexibility index (Phi) is 9.39. The van der Waals surface area contributed by atoms with E-state index in [1.807, 2.05) is 4.98 Å². The summed E-state index contributed by atoms with van der Waals surface area (Å²) in [6.45, 7) is 5.10. The summed E-state index contributed by atoms with van der Waals surface area (Å²) in [7, 11) is -1.44. The second-order valence-electron chi connectivity index (χ2n) is 8.90. The van der Waals surface area contributed by atoms with Crippen molar-refractivity contribution in [3.05, 3.63) is 57.4 Å². The molecule has 1 aliphatic heterocycles. The highest BCUT2D eigenvalue weighted by molar-refractivity contribution is 7.36. The van der Waals surface area contributed by atoms with E-state index in [-0.39, 0.29) is 5.75 Å². The van der Waals surface area contributed by atoms with Crippen molar-refractivity contribution in [3.63, 3.8) is 0 Å². The summed E-state index contributed by atoms with van der Waals surface area (Å²) in [5.41, 5.74) is -4.11. The predicted molar refractivity (Wildman–Crippen MR) is 130 cm³/mol. The van der Waals surface area contributed by atoms with Gasteiger partial charge in [0, 0.05) is 12.3 Å². The van der Waals surface area contributed by atoms with Gasteiger partial charge in [0.1, 0.15) is 29.4 Å². The van der Waals surface area contributed by atoms with Crippen molar-refractivity contribution in [3.8, 4) is 11.5 Å². The molecule has 38 heavy (non-hydrogen) atoms. The number of rotatable bonds is 11. The van der Waals surface area contributed by atoms with Crippen molar-refractivity contribution in [1.29, 1.82) is 0 Å². The number of nitrogens with zero attached hydrogens (tertiary/aromatic N) is 2. The fourth-order valence-electron chi connectivity index (χ4n) is 3.58. The smallest absolute Gasteiger partial charge is 0.497 e. The van der Waals surface area contributed by atoms with Gasteiger partial charge in [0.2, 0.25) is 0 Å². The molecule has 1 fully saturated rings. The molecule has 1 aliphatic rings. The zero-order valence-corrected chi connectivity index (χ0v) is 22.3. The minimum absolute atomic E-state index is 0.202. The average Bonchev–Trinajstić information content (AvgIpc) is 3.08. The molecule has 3 rings (SSSR count). The van der Waals surface area contributed by atoms with E-state index in [0.29, 0.717) is 5.75 Å². The van der Waals surface area contributed by atoms with E-state index in [0.717, 1.165) is 28.6 Å². The summed E-state index contributed by atoms with van der Waals surface area (Å²) in [6.07, 6.45) is -4.20. The molecule has 2 N–H and O–H groups in total. The van der Waals surface area contributed by atoms with Crippen molar-refractivity contribution >= 4 is 14.1 Å². The second-order valence-corrected chi connectivity index (χ2v) is 10.0. The molecular formula is C23H30FN3O10P+. The third-order valence-electron chi connectivity index (χ3n) is 5.61. The number of hydrogen-bond donors (Lipinski definition) is 2. The number of aromatic nitrogens is 2. The molecule has 208 valence electrons. The monoisotopic (exact) mass is 558 g/mol. The third kappa shape index (κ3) is 6.63. The molecule has 2 heterocycles.